The molecule has 1 unspecified atom stereocenters. The maximum atomic E-state index is 9.94. The molecule has 0 amide bonds. The molecule has 3 nitrogen and oxygen atoms in total. The molecule has 1 atom stereocenters. The number of hydrogen-bond donors (Lipinski definition) is 2. The zero-order valence-corrected chi connectivity index (χ0v) is 11.3. The molecule has 3 N–H and O–H groups in total. The first-order valence-corrected chi connectivity index (χ1v) is 6.86. The van der Waals surface area contributed by atoms with Gasteiger partial charge in [-0.3, -0.25) is 0 Å². The molecule has 0 saturated carbocycles. The average Bonchev–Trinajstić information content (AvgIpc) is 2.38. The Morgan fingerprint density at radius 2 is 1.89 bits per heavy atom. The lowest BCUT2D eigenvalue weighted by atomic mass is 10.1. The Hall–Kier alpha value is -1.06. The summed E-state index contributed by atoms with van der Waals surface area (Å²) in [6.45, 7) is 3.24. The molecule has 0 aliphatic heterocycles. The summed E-state index contributed by atoms with van der Waals surface area (Å²) in [5.74, 6) is 0. The fraction of sp³-hybridized carbons (Fsp3) is 0.600. The Bertz CT molecular complexity index is 328. The second-order valence-electron chi connectivity index (χ2n) is 4.63. The van der Waals surface area contributed by atoms with Gasteiger partial charge in [0.25, 0.3) is 0 Å². The Morgan fingerprint density at radius 3 is 2.61 bits per heavy atom. The van der Waals surface area contributed by atoms with Crippen molar-refractivity contribution in [3.63, 3.8) is 0 Å². The molecule has 1 aromatic carbocycles. The van der Waals surface area contributed by atoms with Crippen LogP contribution >= 0.6 is 0 Å². The Labute approximate surface area is 110 Å². The highest BCUT2D eigenvalue weighted by molar-refractivity contribution is 5.47. The number of aliphatic hydroxyl groups excluding tert-OH is 1. The van der Waals surface area contributed by atoms with Crippen molar-refractivity contribution in [1.29, 1.82) is 0 Å². The van der Waals surface area contributed by atoms with Gasteiger partial charge in [-0.15, -0.1) is 0 Å². The second kappa shape index (κ2) is 8.95. The van der Waals surface area contributed by atoms with Gasteiger partial charge in [0.2, 0.25) is 0 Å². The van der Waals surface area contributed by atoms with Crippen molar-refractivity contribution in [1.82, 2.24) is 0 Å². The molecule has 0 saturated heterocycles. The molecule has 1 aromatic rings. The van der Waals surface area contributed by atoms with Gasteiger partial charge in [0.15, 0.2) is 0 Å². The van der Waals surface area contributed by atoms with Gasteiger partial charge >= 0.3 is 0 Å². The van der Waals surface area contributed by atoms with Crippen molar-refractivity contribution in [3.05, 3.63) is 29.8 Å². The number of nitrogen functional groups attached to an aromatic ring is 1. The molecule has 0 radical (unpaired) electrons. The lowest BCUT2D eigenvalue weighted by Crippen LogP contribution is -2.10. The topological polar surface area (TPSA) is 55.5 Å². The SMILES string of the molecule is CCCCCCCOCC(O)c1ccccc1N. The van der Waals surface area contributed by atoms with Gasteiger partial charge in [-0.2, -0.15) is 0 Å². The molecule has 102 valence electrons. The number of ether oxygens (including phenoxy) is 1. The normalized spacial score (nSPS) is 12.6. The number of unbranched alkanes of at least 4 members (excludes halogenated alkanes) is 4. The summed E-state index contributed by atoms with van der Waals surface area (Å²) in [6, 6.07) is 7.37. The molecular formula is C15H25NO2. The van der Waals surface area contributed by atoms with Crippen molar-refractivity contribution >= 4 is 5.69 Å². The average molecular weight is 251 g/mol. The van der Waals surface area contributed by atoms with Crippen molar-refractivity contribution in [2.24, 2.45) is 0 Å². The van der Waals surface area contributed by atoms with E-state index in [1.807, 2.05) is 18.2 Å². The molecule has 3 heteroatoms. The summed E-state index contributed by atoms with van der Waals surface area (Å²) >= 11 is 0. The van der Waals surface area contributed by atoms with E-state index in [9.17, 15) is 5.11 Å². The molecule has 0 bridgehead atoms. The first-order valence-electron chi connectivity index (χ1n) is 6.86. The van der Waals surface area contributed by atoms with Gasteiger partial charge in [0, 0.05) is 17.9 Å². The van der Waals surface area contributed by atoms with Gasteiger partial charge in [0.1, 0.15) is 6.10 Å². The predicted molar refractivity (Wildman–Crippen MR) is 75.4 cm³/mol. The van der Waals surface area contributed by atoms with Crippen LogP contribution in [-0.4, -0.2) is 18.3 Å². The summed E-state index contributed by atoms with van der Waals surface area (Å²) in [4.78, 5) is 0. The fourth-order valence-corrected chi connectivity index (χ4v) is 1.91. The zero-order chi connectivity index (χ0) is 13.2. The highest BCUT2D eigenvalue weighted by Gasteiger charge is 2.09. The van der Waals surface area contributed by atoms with Crippen LogP contribution in [-0.2, 0) is 4.74 Å². The lowest BCUT2D eigenvalue weighted by Gasteiger charge is -2.13. The van der Waals surface area contributed by atoms with Gasteiger partial charge in [-0.1, -0.05) is 50.8 Å². The molecule has 1 rings (SSSR count). The molecular weight excluding hydrogens is 226 g/mol. The van der Waals surface area contributed by atoms with Crippen molar-refractivity contribution in [2.45, 2.75) is 45.1 Å². The van der Waals surface area contributed by atoms with Crippen LogP contribution in [0.5, 0.6) is 0 Å². The van der Waals surface area contributed by atoms with Crippen LogP contribution < -0.4 is 5.73 Å². The third kappa shape index (κ3) is 5.52. The smallest absolute Gasteiger partial charge is 0.104 e. The molecule has 0 spiro atoms. The highest BCUT2D eigenvalue weighted by Crippen LogP contribution is 2.19. The highest BCUT2D eigenvalue weighted by atomic mass is 16.5. The molecule has 18 heavy (non-hydrogen) atoms. The lowest BCUT2D eigenvalue weighted by molar-refractivity contribution is 0.0348. The van der Waals surface area contributed by atoms with Gasteiger partial charge in [-0.25, -0.2) is 0 Å². The van der Waals surface area contributed by atoms with Crippen LogP contribution in [0.4, 0.5) is 5.69 Å². The van der Waals surface area contributed by atoms with Crippen LogP contribution in [0, 0.1) is 0 Å². The van der Waals surface area contributed by atoms with E-state index in [2.05, 4.69) is 6.92 Å². The maximum Gasteiger partial charge on any atom is 0.104 e. The Morgan fingerprint density at radius 1 is 1.17 bits per heavy atom. The van der Waals surface area contributed by atoms with Gasteiger partial charge in [-0.05, 0) is 12.5 Å². The van der Waals surface area contributed by atoms with Crippen molar-refractivity contribution in [2.75, 3.05) is 18.9 Å². The van der Waals surface area contributed by atoms with Crippen LogP contribution in [0.3, 0.4) is 0 Å². The van der Waals surface area contributed by atoms with E-state index in [1.165, 1.54) is 25.7 Å². The summed E-state index contributed by atoms with van der Waals surface area (Å²) < 4.78 is 5.48. The zero-order valence-electron chi connectivity index (χ0n) is 11.3. The van der Waals surface area contributed by atoms with Crippen LogP contribution in [0.1, 0.15) is 50.7 Å². The summed E-state index contributed by atoms with van der Waals surface area (Å²) in [6.07, 6.45) is 5.47. The first kappa shape index (κ1) is 15.0. The maximum absolute atomic E-state index is 9.94. The quantitative estimate of drug-likeness (QED) is 0.523. The summed E-state index contributed by atoms with van der Waals surface area (Å²) in [5.41, 5.74) is 7.17. The van der Waals surface area contributed by atoms with Gasteiger partial charge in [0.05, 0.1) is 6.61 Å². The van der Waals surface area contributed by atoms with Crippen LogP contribution in [0.15, 0.2) is 24.3 Å². The number of hydrogen-bond acceptors (Lipinski definition) is 3. The fourth-order valence-electron chi connectivity index (χ4n) is 1.91. The van der Waals surface area contributed by atoms with Gasteiger partial charge < -0.3 is 15.6 Å². The number of rotatable bonds is 9. The standard InChI is InChI=1S/C15H25NO2/c1-2-3-4-5-8-11-18-12-15(17)13-9-6-7-10-14(13)16/h6-7,9-10,15,17H,2-5,8,11-12,16H2,1H3. The van der Waals surface area contributed by atoms with E-state index in [1.54, 1.807) is 6.07 Å². The third-order valence-electron chi connectivity index (χ3n) is 3.02. The number of aliphatic hydroxyl groups is 1. The van der Waals surface area contributed by atoms with E-state index in [-0.39, 0.29) is 0 Å². The minimum absolute atomic E-state index is 0.321. The molecule has 0 aromatic heterocycles. The van der Waals surface area contributed by atoms with E-state index < -0.39 is 6.10 Å². The van der Waals surface area contributed by atoms with Crippen molar-refractivity contribution < 1.29 is 9.84 Å². The largest absolute Gasteiger partial charge is 0.398 e. The Balaban J connectivity index is 2.14. The number of benzene rings is 1. The number of nitrogens with two attached hydrogens (primary N) is 1. The van der Waals surface area contributed by atoms with E-state index in [4.69, 9.17) is 10.5 Å². The van der Waals surface area contributed by atoms with Crippen LogP contribution in [0.25, 0.3) is 0 Å². The van der Waals surface area contributed by atoms with Crippen molar-refractivity contribution in [3.8, 4) is 0 Å². The predicted octanol–water partition coefficient (Wildman–Crippen LogP) is 3.29. The minimum Gasteiger partial charge on any atom is -0.398 e. The van der Waals surface area contributed by atoms with E-state index in [0.29, 0.717) is 18.9 Å². The molecule has 0 aliphatic rings. The summed E-state index contributed by atoms with van der Waals surface area (Å²) in [7, 11) is 0. The van der Waals surface area contributed by atoms with E-state index >= 15 is 0 Å². The first-order chi connectivity index (χ1) is 8.75. The molecule has 0 aliphatic carbocycles. The summed E-state index contributed by atoms with van der Waals surface area (Å²) in [5, 5.41) is 9.94. The molecule has 0 fully saturated rings. The number of anilines is 1. The van der Waals surface area contributed by atoms with Crippen LogP contribution in [0.2, 0.25) is 0 Å². The number of para-hydroxylation sites is 1. The van der Waals surface area contributed by atoms with E-state index in [0.717, 1.165) is 12.0 Å². The second-order valence-corrected chi connectivity index (χ2v) is 4.63. The monoisotopic (exact) mass is 251 g/mol. The minimum atomic E-state index is -0.623. The third-order valence-corrected chi connectivity index (χ3v) is 3.02. The molecule has 0 heterocycles. The Kier molecular flexibility index (Phi) is 7.46.